The molecule has 2 fully saturated rings. The molecule has 0 aliphatic carbocycles. The van der Waals surface area contributed by atoms with Crippen LogP contribution in [-0.4, -0.2) is 74.4 Å². The monoisotopic (exact) mass is 684 g/mol. The van der Waals surface area contributed by atoms with Gasteiger partial charge in [0.05, 0.1) is 45.1 Å². The summed E-state index contributed by atoms with van der Waals surface area (Å²) in [7, 11) is 0. The van der Waals surface area contributed by atoms with Gasteiger partial charge in [0.15, 0.2) is 12.6 Å². The molecule has 2 aliphatic heterocycles. The van der Waals surface area contributed by atoms with Gasteiger partial charge < -0.3 is 38.6 Å². The summed E-state index contributed by atoms with van der Waals surface area (Å²) in [5, 5.41) is 20.9. The number of carbonyl (C=O) groups excluding carboxylic acids is 2. The van der Waals surface area contributed by atoms with Gasteiger partial charge >= 0.3 is 11.9 Å². The molecule has 0 atom stereocenters. The molecule has 1 spiro atoms. The zero-order valence-electron chi connectivity index (χ0n) is 30.6. The van der Waals surface area contributed by atoms with Crippen LogP contribution >= 0.6 is 0 Å². The van der Waals surface area contributed by atoms with Gasteiger partial charge in [-0.3, -0.25) is 9.59 Å². The predicted molar refractivity (Wildman–Crippen MR) is 185 cm³/mol. The summed E-state index contributed by atoms with van der Waals surface area (Å²) >= 11 is 0. The first-order valence-electron chi connectivity index (χ1n) is 17.4. The largest absolute Gasteiger partial charge is 0.507 e. The van der Waals surface area contributed by atoms with E-state index in [-0.39, 0.29) is 48.8 Å². The normalized spacial score (nSPS) is 21.5. The summed E-state index contributed by atoms with van der Waals surface area (Å²) in [6.07, 6.45) is 1.45. The summed E-state index contributed by atoms with van der Waals surface area (Å²) in [5.41, 5.74) is 4.51. The number of aryl methyl sites for hydroxylation is 4. The highest BCUT2D eigenvalue weighted by molar-refractivity contribution is 5.70. The lowest BCUT2D eigenvalue weighted by Crippen LogP contribution is -2.52. The Morgan fingerprint density at radius 2 is 1.02 bits per heavy atom. The van der Waals surface area contributed by atoms with Gasteiger partial charge in [0, 0.05) is 25.7 Å². The molecule has 0 aromatic heterocycles. The fraction of sp³-hybridized carbons (Fsp3) is 0.641. The number of carbonyl (C=O) groups is 2. The fourth-order valence-electron chi connectivity index (χ4n) is 6.07. The molecule has 10 nitrogen and oxygen atoms in total. The summed E-state index contributed by atoms with van der Waals surface area (Å²) in [6, 6.07) is 7.77. The van der Waals surface area contributed by atoms with Crippen LogP contribution in [0, 0.1) is 19.3 Å². The van der Waals surface area contributed by atoms with Gasteiger partial charge in [-0.05, 0) is 70.9 Å². The average Bonchev–Trinajstić information content (AvgIpc) is 3.03. The van der Waals surface area contributed by atoms with Crippen LogP contribution in [0.25, 0.3) is 0 Å². The van der Waals surface area contributed by atoms with Crippen molar-refractivity contribution < 1.29 is 48.2 Å². The fourth-order valence-corrected chi connectivity index (χ4v) is 6.07. The lowest BCUT2D eigenvalue weighted by atomic mass is 9.83. The van der Waals surface area contributed by atoms with Crippen LogP contribution < -0.4 is 0 Å². The first-order chi connectivity index (χ1) is 23.0. The van der Waals surface area contributed by atoms with E-state index in [4.69, 9.17) is 28.4 Å². The Morgan fingerprint density at radius 3 is 1.35 bits per heavy atom. The minimum Gasteiger partial charge on any atom is -0.507 e. The van der Waals surface area contributed by atoms with Crippen LogP contribution in [0.3, 0.4) is 0 Å². The van der Waals surface area contributed by atoms with E-state index >= 15 is 0 Å². The van der Waals surface area contributed by atoms with Crippen molar-refractivity contribution in [1.82, 2.24) is 0 Å². The zero-order valence-corrected chi connectivity index (χ0v) is 30.6. The highest BCUT2D eigenvalue weighted by Crippen LogP contribution is 2.36. The van der Waals surface area contributed by atoms with Crippen molar-refractivity contribution in [3.05, 3.63) is 57.6 Å². The van der Waals surface area contributed by atoms with Crippen molar-refractivity contribution in [2.24, 2.45) is 5.41 Å². The Balaban J connectivity index is 1.08. The zero-order chi connectivity index (χ0) is 36.0. The average molecular weight is 685 g/mol. The predicted octanol–water partition coefficient (Wildman–Crippen LogP) is 6.47. The van der Waals surface area contributed by atoms with Crippen molar-refractivity contribution in [3.8, 4) is 11.5 Å². The Morgan fingerprint density at radius 1 is 0.673 bits per heavy atom. The molecule has 2 heterocycles. The molecule has 2 aromatic carbocycles. The van der Waals surface area contributed by atoms with Gasteiger partial charge in [-0.2, -0.15) is 0 Å². The number of ether oxygens (including phenoxy) is 6. The summed E-state index contributed by atoms with van der Waals surface area (Å²) in [6.45, 7) is 18.0. The maximum atomic E-state index is 12.4. The minimum atomic E-state index is -0.477. The van der Waals surface area contributed by atoms with Gasteiger partial charge in [-0.15, -0.1) is 0 Å². The Kier molecular flexibility index (Phi) is 12.8. The van der Waals surface area contributed by atoms with Crippen molar-refractivity contribution in [1.29, 1.82) is 0 Å². The van der Waals surface area contributed by atoms with Crippen LogP contribution in [0.5, 0.6) is 11.5 Å². The third-order valence-electron chi connectivity index (χ3n) is 9.11. The summed E-state index contributed by atoms with van der Waals surface area (Å²) in [5.74, 6) is 0.0367. The smallest absolute Gasteiger partial charge is 0.306 e. The highest BCUT2D eigenvalue weighted by Gasteiger charge is 2.42. The molecule has 272 valence electrons. The number of aromatic hydroxyl groups is 2. The number of hydrogen-bond donors (Lipinski definition) is 2. The number of phenols is 2. The van der Waals surface area contributed by atoms with Gasteiger partial charge in [-0.1, -0.05) is 65.8 Å². The molecule has 0 bridgehead atoms. The molecule has 0 radical (unpaired) electrons. The van der Waals surface area contributed by atoms with Crippen LogP contribution in [0.1, 0.15) is 101 Å². The van der Waals surface area contributed by atoms with E-state index in [1.165, 1.54) is 0 Å². The van der Waals surface area contributed by atoms with Gasteiger partial charge in [0.1, 0.15) is 11.5 Å². The topological polar surface area (TPSA) is 130 Å². The second-order valence-electron chi connectivity index (χ2n) is 15.7. The van der Waals surface area contributed by atoms with Crippen molar-refractivity contribution in [3.63, 3.8) is 0 Å². The molecule has 0 amide bonds. The number of phenolic OH excluding ortho intramolecular Hbond substituents is 2. The third kappa shape index (κ3) is 10.9. The van der Waals surface area contributed by atoms with Crippen LogP contribution in [-0.2, 0) is 61.7 Å². The van der Waals surface area contributed by atoms with E-state index in [9.17, 15) is 19.8 Å². The molecule has 2 saturated heterocycles. The lowest BCUT2D eigenvalue weighted by Gasteiger charge is -2.43. The maximum Gasteiger partial charge on any atom is 0.306 e. The van der Waals surface area contributed by atoms with E-state index in [0.717, 1.165) is 33.4 Å². The van der Waals surface area contributed by atoms with Crippen LogP contribution in [0.2, 0.25) is 0 Å². The van der Waals surface area contributed by atoms with Gasteiger partial charge in [0.2, 0.25) is 0 Å². The Labute approximate surface area is 291 Å². The number of esters is 2. The summed E-state index contributed by atoms with van der Waals surface area (Å²) in [4.78, 5) is 24.8. The quantitative estimate of drug-likeness (QED) is 0.240. The Hall–Kier alpha value is -3.18. The number of rotatable bonds is 12. The van der Waals surface area contributed by atoms with Gasteiger partial charge in [-0.25, -0.2) is 0 Å². The van der Waals surface area contributed by atoms with E-state index in [1.54, 1.807) is 0 Å². The van der Waals surface area contributed by atoms with Crippen molar-refractivity contribution in [2.45, 2.75) is 117 Å². The maximum absolute atomic E-state index is 12.4. The first-order valence-corrected chi connectivity index (χ1v) is 17.4. The molecule has 2 aliphatic rings. The van der Waals surface area contributed by atoms with Crippen molar-refractivity contribution in [2.75, 3.05) is 39.6 Å². The third-order valence-corrected chi connectivity index (χ3v) is 9.11. The van der Waals surface area contributed by atoms with Crippen LogP contribution in [0.15, 0.2) is 24.3 Å². The van der Waals surface area contributed by atoms with E-state index in [1.807, 2.05) is 38.1 Å². The highest BCUT2D eigenvalue weighted by atomic mass is 16.7. The molecule has 2 aromatic rings. The lowest BCUT2D eigenvalue weighted by molar-refractivity contribution is -0.305. The molecule has 49 heavy (non-hydrogen) atoms. The molecule has 0 unspecified atom stereocenters. The van der Waals surface area contributed by atoms with E-state index in [2.05, 4.69) is 41.5 Å². The second kappa shape index (κ2) is 16.2. The summed E-state index contributed by atoms with van der Waals surface area (Å²) < 4.78 is 34.6. The first kappa shape index (κ1) is 38.6. The molecule has 0 saturated carbocycles. The molecular weight excluding hydrogens is 628 g/mol. The minimum absolute atomic E-state index is 0.193. The molecular formula is C39H56O10. The second-order valence-corrected chi connectivity index (χ2v) is 15.7. The van der Waals surface area contributed by atoms with Gasteiger partial charge in [0.25, 0.3) is 0 Å². The van der Waals surface area contributed by atoms with Crippen molar-refractivity contribution >= 4 is 11.9 Å². The van der Waals surface area contributed by atoms with Crippen LogP contribution in [0.4, 0.5) is 0 Å². The number of hydrogen-bond acceptors (Lipinski definition) is 10. The molecule has 10 heteroatoms. The SMILES string of the molecule is Cc1cc(CCC(=O)OCCC2OCC3(CO2)COC(CCOC(=O)CCc2cc(C)c(O)c(C(C)(C)C)c2)OC3)cc(C(C)(C)C)c1O. The molecule has 2 N–H and O–H groups in total. The standard InChI is InChI=1S/C39H56O10/c1-25-17-27(19-29(35(25)42)37(3,4)5)9-11-31(40)44-15-13-33-46-21-39(22-47-33)23-48-34(49-24-39)14-16-45-32(41)12-10-28-18-26(2)36(43)30(20-28)38(6,7)8/h17-20,33-34,42-43H,9-16,21-24H2,1-8H3. The Bertz CT molecular complexity index is 1320. The number of benzene rings is 2. The van der Waals surface area contributed by atoms with E-state index < -0.39 is 18.0 Å². The van der Waals surface area contributed by atoms with E-state index in [0.29, 0.717) is 63.6 Å². The molecule has 4 rings (SSSR count).